The van der Waals surface area contributed by atoms with Gasteiger partial charge in [-0.1, -0.05) is 42.5 Å². The van der Waals surface area contributed by atoms with Gasteiger partial charge in [0.25, 0.3) is 5.91 Å². The van der Waals surface area contributed by atoms with Crippen LogP contribution in [0.3, 0.4) is 0 Å². The highest BCUT2D eigenvalue weighted by molar-refractivity contribution is 5.96. The molecular formula is C23H22FN3O2. The Morgan fingerprint density at radius 1 is 0.897 bits per heavy atom. The zero-order valence-corrected chi connectivity index (χ0v) is 16.0. The van der Waals surface area contributed by atoms with Crippen LogP contribution in [0.2, 0.25) is 0 Å². The molecule has 0 heterocycles. The number of rotatable bonds is 7. The molecule has 0 saturated carbocycles. The van der Waals surface area contributed by atoms with E-state index in [9.17, 15) is 14.0 Å². The number of benzene rings is 3. The van der Waals surface area contributed by atoms with E-state index in [4.69, 9.17) is 0 Å². The quantitative estimate of drug-likeness (QED) is 0.560. The summed E-state index contributed by atoms with van der Waals surface area (Å²) in [5.41, 5.74) is 2.34. The van der Waals surface area contributed by atoms with Gasteiger partial charge in [-0.15, -0.1) is 0 Å². The number of nitrogens with one attached hydrogen (secondary N) is 3. The monoisotopic (exact) mass is 391 g/mol. The number of amides is 2. The summed E-state index contributed by atoms with van der Waals surface area (Å²) in [6.45, 7) is 1.85. The normalized spacial score (nSPS) is 11.4. The first kappa shape index (κ1) is 20.1. The summed E-state index contributed by atoms with van der Waals surface area (Å²) in [7, 11) is 0. The van der Waals surface area contributed by atoms with Crippen molar-refractivity contribution in [2.75, 3.05) is 17.2 Å². The number of carbonyl (C=O) groups is 2. The minimum Gasteiger partial charge on any atom is -0.374 e. The Bertz CT molecular complexity index is 975. The van der Waals surface area contributed by atoms with Crippen molar-refractivity contribution < 1.29 is 14.0 Å². The molecule has 1 unspecified atom stereocenters. The van der Waals surface area contributed by atoms with Crippen molar-refractivity contribution in [1.29, 1.82) is 0 Å². The van der Waals surface area contributed by atoms with Crippen LogP contribution in [0.15, 0.2) is 78.9 Å². The van der Waals surface area contributed by atoms with Crippen molar-refractivity contribution in [3.05, 3.63) is 95.8 Å². The van der Waals surface area contributed by atoms with E-state index >= 15 is 0 Å². The van der Waals surface area contributed by atoms with E-state index in [-0.39, 0.29) is 30.1 Å². The molecular weight excluding hydrogens is 369 g/mol. The first-order valence-corrected chi connectivity index (χ1v) is 9.27. The minimum absolute atomic E-state index is 0.0717. The summed E-state index contributed by atoms with van der Waals surface area (Å²) in [5.74, 6) is -0.927. The second kappa shape index (κ2) is 9.50. The molecule has 0 aliphatic heterocycles. The standard InChI is InChI=1S/C23H22FN3O2/c1-16(17-7-3-2-4-8-17)26-23(29)18-11-13-19(14-12-18)27-22(28)15-25-21-10-6-5-9-20(21)24/h2-14,16,25H,15H2,1H3,(H,26,29)(H,27,28). The second-order valence-electron chi connectivity index (χ2n) is 6.56. The van der Waals surface area contributed by atoms with Gasteiger partial charge in [0.2, 0.25) is 5.91 Å². The van der Waals surface area contributed by atoms with Crippen LogP contribution in [0, 0.1) is 5.82 Å². The van der Waals surface area contributed by atoms with Crippen LogP contribution >= 0.6 is 0 Å². The Morgan fingerprint density at radius 2 is 1.55 bits per heavy atom. The highest BCUT2D eigenvalue weighted by Crippen LogP contribution is 2.15. The van der Waals surface area contributed by atoms with Gasteiger partial charge in [0, 0.05) is 11.3 Å². The molecule has 0 radical (unpaired) electrons. The van der Waals surface area contributed by atoms with Gasteiger partial charge < -0.3 is 16.0 Å². The first-order valence-electron chi connectivity index (χ1n) is 9.27. The zero-order chi connectivity index (χ0) is 20.6. The van der Waals surface area contributed by atoms with Gasteiger partial charge in [-0.2, -0.15) is 0 Å². The van der Waals surface area contributed by atoms with Crippen LogP contribution < -0.4 is 16.0 Å². The van der Waals surface area contributed by atoms with E-state index in [1.165, 1.54) is 6.07 Å². The molecule has 0 spiro atoms. The highest BCUT2D eigenvalue weighted by Gasteiger charge is 2.11. The Kier molecular flexibility index (Phi) is 6.58. The molecule has 1 atom stereocenters. The molecule has 3 rings (SSSR count). The molecule has 0 saturated heterocycles. The number of halogens is 1. The summed E-state index contributed by atoms with van der Waals surface area (Å²) in [4.78, 5) is 24.5. The third-order valence-corrected chi connectivity index (χ3v) is 4.39. The lowest BCUT2D eigenvalue weighted by Crippen LogP contribution is -2.26. The fraction of sp³-hybridized carbons (Fsp3) is 0.130. The third kappa shape index (κ3) is 5.65. The predicted octanol–water partition coefficient (Wildman–Crippen LogP) is 4.37. The van der Waals surface area contributed by atoms with Crippen LogP contribution in [0.5, 0.6) is 0 Å². The van der Waals surface area contributed by atoms with Gasteiger partial charge in [0.1, 0.15) is 5.82 Å². The summed E-state index contributed by atoms with van der Waals surface area (Å²) in [6, 6.07) is 22.3. The molecule has 0 aliphatic carbocycles. The Labute approximate surface area is 169 Å². The molecule has 29 heavy (non-hydrogen) atoms. The van der Waals surface area contributed by atoms with E-state index in [0.29, 0.717) is 11.3 Å². The molecule has 0 aliphatic rings. The van der Waals surface area contributed by atoms with Gasteiger partial charge >= 0.3 is 0 Å². The van der Waals surface area contributed by atoms with Crippen LogP contribution in [0.4, 0.5) is 15.8 Å². The van der Waals surface area contributed by atoms with Gasteiger partial charge in [-0.05, 0) is 48.9 Å². The number of para-hydroxylation sites is 1. The molecule has 3 aromatic carbocycles. The van der Waals surface area contributed by atoms with Crippen molar-refractivity contribution >= 4 is 23.2 Å². The number of carbonyl (C=O) groups excluding carboxylic acids is 2. The van der Waals surface area contributed by atoms with E-state index in [2.05, 4.69) is 16.0 Å². The molecule has 0 aromatic heterocycles. The van der Waals surface area contributed by atoms with Crippen molar-refractivity contribution in [1.82, 2.24) is 5.32 Å². The molecule has 148 valence electrons. The maximum Gasteiger partial charge on any atom is 0.251 e. The lowest BCUT2D eigenvalue weighted by molar-refractivity contribution is -0.114. The lowest BCUT2D eigenvalue weighted by atomic mass is 10.1. The Balaban J connectivity index is 1.52. The van der Waals surface area contributed by atoms with Gasteiger partial charge in [0.05, 0.1) is 18.3 Å². The average molecular weight is 391 g/mol. The minimum atomic E-state index is -0.416. The maximum absolute atomic E-state index is 13.6. The number of hydrogen-bond acceptors (Lipinski definition) is 3. The SMILES string of the molecule is CC(NC(=O)c1ccc(NC(=O)CNc2ccccc2F)cc1)c1ccccc1. The molecule has 0 bridgehead atoms. The van der Waals surface area contributed by atoms with Crippen molar-refractivity contribution in [3.8, 4) is 0 Å². The number of anilines is 2. The fourth-order valence-corrected chi connectivity index (χ4v) is 2.80. The van der Waals surface area contributed by atoms with Crippen molar-refractivity contribution in [2.24, 2.45) is 0 Å². The van der Waals surface area contributed by atoms with Crippen molar-refractivity contribution in [3.63, 3.8) is 0 Å². The van der Waals surface area contributed by atoms with E-state index in [1.54, 1.807) is 42.5 Å². The van der Waals surface area contributed by atoms with E-state index in [0.717, 1.165) is 5.56 Å². The van der Waals surface area contributed by atoms with Gasteiger partial charge in [-0.25, -0.2) is 4.39 Å². The van der Waals surface area contributed by atoms with E-state index < -0.39 is 5.82 Å². The molecule has 5 nitrogen and oxygen atoms in total. The highest BCUT2D eigenvalue weighted by atomic mass is 19.1. The summed E-state index contributed by atoms with van der Waals surface area (Å²) < 4.78 is 13.6. The van der Waals surface area contributed by atoms with Crippen molar-refractivity contribution in [2.45, 2.75) is 13.0 Å². The molecule has 3 aromatic rings. The number of hydrogen-bond donors (Lipinski definition) is 3. The second-order valence-corrected chi connectivity index (χ2v) is 6.56. The zero-order valence-electron chi connectivity index (χ0n) is 16.0. The van der Waals surface area contributed by atoms with Crippen LogP contribution in [-0.4, -0.2) is 18.4 Å². The van der Waals surface area contributed by atoms with E-state index in [1.807, 2.05) is 37.3 Å². The predicted molar refractivity (Wildman–Crippen MR) is 112 cm³/mol. The summed E-state index contributed by atoms with van der Waals surface area (Å²) >= 11 is 0. The van der Waals surface area contributed by atoms with Crippen LogP contribution in [-0.2, 0) is 4.79 Å². The smallest absolute Gasteiger partial charge is 0.251 e. The average Bonchev–Trinajstić information content (AvgIpc) is 2.74. The maximum atomic E-state index is 13.6. The molecule has 2 amide bonds. The third-order valence-electron chi connectivity index (χ3n) is 4.39. The van der Waals surface area contributed by atoms with Crippen LogP contribution in [0.1, 0.15) is 28.9 Å². The topological polar surface area (TPSA) is 70.2 Å². The largest absolute Gasteiger partial charge is 0.374 e. The summed E-state index contributed by atoms with van der Waals surface area (Å²) in [5, 5.41) is 8.40. The Hall–Kier alpha value is -3.67. The molecule has 3 N–H and O–H groups in total. The first-order chi connectivity index (χ1) is 14.0. The van der Waals surface area contributed by atoms with Gasteiger partial charge in [0.15, 0.2) is 0 Å². The lowest BCUT2D eigenvalue weighted by Gasteiger charge is -2.14. The fourth-order valence-electron chi connectivity index (χ4n) is 2.80. The Morgan fingerprint density at radius 3 is 2.24 bits per heavy atom. The molecule has 6 heteroatoms. The summed E-state index contributed by atoms with van der Waals surface area (Å²) in [6.07, 6.45) is 0. The van der Waals surface area contributed by atoms with Gasteiger partial charge in [-0.3, -0.25) is 9.59 Å². The van der Waals surface area contributed by atoms with Crippen LogP contribution in [0.25, 0.3) is 0 Å². The molecule has 0 fully saturated rings.